The Balaban J connectivity index is 1.87. The van der Waals surface area contributed by atoms with Gasteiger partial charge in [0.25, 0.3) is 0 Å². The molecule has 0 saturated carbocycles. The van der Waals surface area contributed by atoms with Gasteiger partial charge in [-0.05, 0) is 23.8 Å². The van der Waals surface area contributed by atoms with Crippen LogP contribution >= 0.6 is 0 Å². The van der Waals surface area contributed by atoms with Crippen LogP contribution in [0, 0.1) is 0 Å². The smallest absolute Gasteiger partial charge is 0.0871 e. The molecule has 2 heteroatoms. The summed E-state index contributed by atoms with van der Waals surface area (Å²) in [7, 11) is 0. The zero-order valence-corrected chi connectivity index (χ0v) is 11.5. The molecule has 4 aromatic rings. The average molecular weight is 270 g/mol. The molecule has 0 spiro atoms. The van der Waals surface area contributed by atoms with E-state index in [1.165, 1.54) is 16.3 Å². The van der Waals surface area contributed by atoms with Gasteiger partial charge in [-0.25, -0.2) is 0 Å². The van der Waals surface area contributed by atoms with Crippen LogP contribution in [0.1, 0.15) is 11.3 Å². The number of hydrogen-bond donors (Lipinski definition) is 1. The van der Waals surface area contributed by atoms with E-state index >= 15 is 0 Å². The number of benzene rings is 2. The first kappa shape index (κ1) is 11.9. The Morgan fingerprint density at radius 2 is 1.57 bits per heavy atom. The third-order valence-corrected chi connectivity index (χ3v) is 3.69. The van der Waals surface area contributed by atoms with Gasteiger partial charge >= 0.3 is 0 Å². The fourth-order valence-electron chi connectivity index (χ4n) is 2.66. The number of H-pyrrole nitrogens is 1. The van der Waals surface area contributed by atoms with Gasteiger partial charge in [-0.1, -0.05) is 54.6 Å². The van der Waals surface area contributed by atoms with E-state index in [9.17, 15) is 0 Å². The van der Waals surface area contributed by atoms with Crippen molar-refractivity contribution in [1.29, 1.82) is 0 Å². The van der Waals surface area contributed by atoms with Crippen molar-refractivity contribution in [3.8, 4) is 0 Å². The summed E-state index contributed by atoms with van der Waals surface area (Å²) in [5.41, 5.74) is 4.38. The fourth-order valence-corrected chi connectivity index (χ4v) is 2.66. The lowest BCUT2D eigenvalue weighted by molar-refractivity contribution is 1.32. The topological polar surface area (TPSA) is 28.7 Å². The van der Waals surface area contributed by atoms with Crippen LogP contribution in [-0.4, -0.2) is 9.97 Å². The first-order valence-electron chi connectivity index (χ1n) is 7.00. The van der Waals surface area contributed by atoms with Gasteiger partial charge in [-0.15, -0.1) is 0 Å². The second-order valence-corrected chi connectivity index (χ2v) is 5.03. The Hall–Kier alpha value is -2.87. The average Bonchev–Trinajstić information content (AvgIpc) is 2.93. The summed E-state index contributed by atoms with van der Waals surface area (Å²) in [6.45, 7) is 0. The molecule has 2 heterocycles. The van der Waals surface area contributed by atoms with Crippen LogP contribution in [0.3, 0.4) is 0 Å². The summed E-state index contributed by atoms with van der Waals surface area (Å²) >= 11 is 0. The summed E-state index contributed by atoms with van der Waals surface area (Å²) in [6.07, 6.45) is 6.02. The zero-order valence-electron chi connectivity index (χ0n) is 11.5. The third kappa shape index (κ3) is 2.11. The molecule has 100 valence electrons. The Morgan fingerprint density at radius 3 is 2.48 bits per heavy atom. The standard InChI is InChI=1S/C19H14N2/c1-2-6-14(7-3-1)10-11-18-19-16(12-13-20-18)15-8-4-5-9-17(15)21-19/h1-13,21H. The van der Waals surface area contributed by atoms with Crippen LogP contribution in [0.2, 0.25) is 0 Å². The normalized spacial score (nSPS) is 11.6. The van der Waals surface area contributed by atoms with Crippen molar-refractivity contribution in [2.45, 2.75) is 0 Å². The van der Waals surface area contributed by atoms with Gasteiger partial charge in [0, 0.05) is 22.5 Å². The Kier molecular flexibility index (Phi) is 2.79. The van der Waals surface area contributed by atoms with Gasteiger partial charge in [0.05, 0.1) is 11.2 Å². The summed E-state index contributed by atoms with van der Waals surface area (Å²) in [5.74, 6) is 0. The molecule has 0 radical (unpaired) electrons. The number of aromatic amines is 1. The molecule has 4 rings (SSSR count). The number of pyridine rings is 1. The maximum Gasteiger partial charge on any atom is 0.0871 e. The van der Waals surface area contributed by atoms with E-state index in [0.717, 1.165) is 16.7 Å². The minimum Gasteiger partial charge on any atom is -0.353 e. The molecular formula is C19H14N2. The molecule has 2 aromatic heterocycles. The summed E-state index contributed by atoms with van der Waals surface area (Å²) in [6, 6.07) is 20.7. The highest BCUT2D eigenvalue weighted by atomic mass is 14.8. The van der Waals surface area contributed by atoms with Gasteiger partial charge < -0.3 is 4.98 Å². The lowest BCUT2D eigenvalue weighted by atomic mass is 10.1. The zero-order chi connectivity index (χ0) is 14.1. The van der Waals surface area contributed by atoms with Gasteiger partial charge in [0.2, 0.25) is 0 Å². The predicted octanol–water partition coefficient (Wildman–Crippen LogP) is 4.89. The van der Waals surface area contributed by atoms with Crippen molar-refractivity contribution in [3.63, 3.8) is 0 Å². The molecule has 0 bridgehead atoms. The largest absolute Gasteiger partial charge is 0.353 e. The number of fused-ring (bicyclic) bond motifs is 3. The van der Waals surface area contributed by atoms with Crippen LogP contribution < -0.4 is 0 Å². The Labute approximate surface area is 122 Å². The maximum atomic E-state index is 4.50. The van der Waals surface area contributed by atoms with Crippen LogP contribution in [0.4, 0.5) is 0 Å². The second kappa shape index (κ2) is 4.91. The van der Waals surface area contributed by atoms with Crippen molar-refractivity contribution in [2.75, 3.05) is 0 Å². The SMILES string of the molecule is C(=Cc1nccc2c1[nH]c1ccccc12)c1ccccc1. The molecule has 0 aliphatic carbocycles. The maximum absolute atomic E-state index is 4.50. The highest BCUT2D eigenvalue weighted by Gasteiger charge is 2.06. The van der Waals surface area contributed by atoms with Crippen molar-refractivity contribution in [2.24, 2.45) is 0 Å². The minimum absolute atomic E-state index is 0.965. The molecule has 0 amide bonds. The van der Waals surface area contributed by atoms with E-state index in [2.05, 4.69) is 58.5 Å². The van der Waals surface area contributed by atoms with Crippen molar-refractivity contribution in [3.05, 3.63) is 78.1 Å². The molecule has 0 unspecified atom stereocenters. The number of para-hydroxylation sites is 1. The highest BCUT2D eigenvalue weighted by molar-refractivity contribution is 6.09. The van der Waals surface area contributed by atoms with Crippen molar-refractivity contribution < 1.29 is 0 Å². The summed E-state index contributed by atoms with van der Waals surface area (Å²) in [5, 5.41) is 2.46. The first-order chi connectivity index (χ1) is 10.4. The lowest BCUT2D eigenvalue weighted by Gasteiger charge is -1.96. The minimum atomic E-state index is 0.965. The molecule has 21 heavy (non-hydrogen) atoms. The third-order valence-electron chi connectivity index (χ3n) is 3.69. The molecule has 0 aliphatic heterocycles. The van der Waals surface area contributed by atoms with E-state index in [1.807, 2.05) is 30.5 Å². The van der Waals surface area contributed by atoms with Gasteiger partial charge in [0.1, 0.15) is 0 Å². The monoisotopic (exact) mass is 270 g/mol. The summed E-state index contributed by atoms with van der Waals surface area (Å²) in [4.78, 5) is 7.97. The predicted molar refractivity (Wildman–Crippen MR) is 89.0 cm³/mol. The number of hydrogen-bond acceptors (Lipinski definition) is 1. The van der Waals surface area contributed by atoms with Crippen LogP contribution in [0.5, 0.6) is 0 Å². The highest BCUT2D eigenvalue weighted by Crippen LogP contribution is 2.27. The number of nitrogens with one attached hydrogen (secondary N) is 1. The quantitative estimate of drug-likeness (QED) is 0.552. The number of nitrogens with zero attached hydrogens (tertiary/aromatic N) is 1. The van der Waals surface area contributed by atoms with E-state index in [4.69, 9.17) is 0 Å². The number of rotatable bonds is 2. The molecule has 2 aromatic carbocycles. The fraction of sp³-hybridized carbons (Fsp3) is 0. The van der Waals surface area contributed by atoms with E-state index in [-0.39, 0.29) is 0 Å². The molecule has 0 saturated heterocycles. The molecule has 0 aliphatic rings. The molecular weight excluding hydrogens is 256 g/mol. The molecule has 0 fully saturated rings. The van der Waals surface area contributed by atoms with Gasteiger partial charge in [-0.3, -0.25) is 4.98 Å². The molecule has 1 N–H and O–H groups in total. The number of aromatic nitrogens is 2. The van der Waals surface area contributed by atoms with E-state index in [0.29, 0.717) is 0 Å². The Morgan fingerprint density at radius 1 is 0.762 bits per heavy atom. The van der Waals surface area contributed by atoms with E-state index < -0.39 is 0 Å². The van der Waals surface area contributed by atoms with Gasteiger partial charge in [-0.2, -0.15) is 0 Å². The van der Waals surface area contributed by atoms with Crippen LogP contribution in [0.25, 0.3) is 34.0 Å². The Bertz CT molecular complexity index is 934. The van der Waals surface area contributed by atoms with Crippen molar-refractivity contribution >= 4 is 34.0 Å². The molecule has 0 atom stereocenters. The van der Waals surface area contributed by atoms with Crippen LogP contribution in [0.15, 0.2) is 66.9 Å². The van der Waals surface area contributed by atoms with E-state index in [1.54, 1.807) is 0 Å². The second-order valence-electron chi connectivity index (χ2n) is 5.03. The first-order valence-corrected chi connectivity index (χ1v) is 7.00. The summed E-state index contributed by atoms with van der Waals surface area (Å²) < 4.78 is 0. The van der Waals surface area contributed by atoms with Crippen LogP contribution in [-0.2, 0) is 0 Å². The molecule has 2 nitrogen and oxygen atoms in total. The van der Waals surface area contributed by atoms with Crippen molar-refractivity contribution in [1.82, 2.24) is 9.97 Å². The lowest BCUT2D eigenvalue weighted by Crippen LogP contribution is -1.82. The van der Waals surface area contributed by atoms with Gasteiger partial charge in [0.15, 0.2) is 0 Å².